The van der Waals surface area contributed by atoms with E-state index in [1.807, 2.05) is 0 Å². The lowest BCUT2D eigenvalue weighted by Gasteiger charge is -2.07. The molecule has 0 amide bonds. The van der Waals surface area contributed by atoms with E-state index in [2.05, 4.69) is 20.2 Å². The highest BCUT2D eigenvalue weighted by Crippen LogP contribution is 2.04. The fourth-order valence-electron chi connectivity index (χ4n) is 0.777. The molecule has 72 valence electrons. The Hall–Kier alpha value is -1.59. The van der Waals surface area contributed by atoms with Crippen molar-refractivity contribution in [3.8, 4) is 0 Å². The average Bonchev–Trinajstić information content (AvgIpc) is 2.49. The van der Waals surface area contributed by atoms with Crippen LogP contribution in [0.1, 0.15) is 12.7 Å². The topological polar surface area (TPSA) is 77.2 Å². The Morgan fingerprint density at radius 2 is 2.38 bits per heavy atom. The zero-order valence-electron chi connectivity index (χ0n) is 7.70. The summed E-state index contributed by atoms with van der Waals surface area (Å²) in [6.45, 7) is 3.34. The summed E-state index contributed by atoms with van der Waals surface area (Å²) in [6.07, 6.45) is 0. The van der Waals surface area contributed by atoms with Crippen LogP contribution in [0, 0.1) is 6.92 Å². The van der Waals surface area contributed by atoms with Gasteiger partial charge in [0.25, 0.3) is 0 Å². The van der Waals surface area contributed by atoms with Crippen LogP contribution in [0.2, 0.25) is 0 Å². The van der Waals surface area contributed by atoms with Gasteiger partial charge in [-0.05, 0) is 13.8 Å². The number of nitrogens with one attached hydrogen (secondary N) is 1. The molecule has 13 heavy (non-hydrogen) atoms. The predicted molar refractivity (Wildman–Crippen MR) is 44.1 cm³/mol. The molecule has 1 unspecified atom stereocenters. The molecule has 1 heterocycles. The first-order valence-corrected chi connectivity index (χ1v) is 3.78. The van der Waals surface area contributed by atoms with Crippen molar-refractivity contribution < 1.29 is 14.1 Å². The van der Waals surface area contributed by atoms with Gasteiger partial charge in [0.1, 0.15) is 6.04 Å². The molecule has 1 rings (SSSR count). The van der Waals surface area contributed by atoms with Crippen LogP contribution in [0.15, 0.2) is 4.52 Å². The van der Waals surface area contributed by atoms with Gasteiger partial charge < -0.3 is 14.6 Å². The molecule has 0 bridgehead atoms. The minimum absolute atomic E-state index is 0.218. The van der Waals surface area contributed by atoms with E-state index in [-0.39, 0.29) is 12.0 Å². The molecule has 1 aromatic heterocycles. The summed E-state index contributed by atoms with van der Waals surface area (Å²) in [4.78, 5) is 14.8. The number of hydrogen-bond donors (Lipinski definition) is 1. The van der Waals surface area contributed by atoms with E-state index in [1.165, 1.54) is 7.11 Å². The van der Waals surface area contributed by atoms with Crippen LogP contribution >= 0.6 is 0 Å². The van der Waals surface area contributed by atoms with Gasteiger partial charge in [0.2, 0.25) is 0 Å². The molecule has 0 aromatic carbocycles. The molecule has 0 aliphatic rings. The van der Waals surface area contributed by atoms with Gasteiger partial charge in [0, 0.05) is 0 Å². The van der Waals surface area contributed by atoms with Crippen molar-refractivity contribution in [3.05, 3.63) is 5.82 Å². The molecule has 1 aromatic rings. The van der Waals surface area contributed by atoms with Crippen molar-refractivity contribution in [2.75, 3.05) is 12.4 Å². The molecule has 0 fully saturated rings. The van der Waals surface area contributed by atoms with E-state index >= 15 is 0 Å². The maximum absolute atomic E-state index is 10.9. The second-order valence-electron chi connectivity index (χ2n) is 2.54. The highest BCUT2D eigenvalue weighted by molar-refractivity contribution is 5.77. The maximum atomic E-state index is 10.9. The number of carbonyl (C=O) groups is 1. The van der Waals surface area contributed by atoms with Gasteiger partial charge in [-0.1, -0.05) is 5.16 Å². The Morgan fingerprint density at radius 1 is 1.69 bits per heavy atom. The van der Waals surface area contributed by atoms with E-state index in [9.17, 15) is 4.79 Å². The van der Waals surface area contributed by atoms with Crippen LogP contribution in [-0.4, -0.2) is 29.3 Å². The van der Waals surface area contributed by atoms with Crippen LogP contribution in [0.5, 0.6) is 0 Å². The third kappa shape index (κ3) is 2.43. The van der Waals surface area contributed by atoms with E-state index in [0.717, 1.165) is 0 Å². The van der Waals surface area contributed by atoms with Crippen molar-refractivity contribution in [1.82, 2.24) is 10.1 Å². The fourth-order valence-corrected chi connectivity index (χ4v) is 0.777. The third-order valence-corrected chi connectivity index (χ3v) is 1.42. The Morgan fingerprint density at radius 3 is 2.85 bits per heavy atom. The number of hydrogen-bond acceptors (Lipinski definition) is 6. The number of methoxy groups -OCH3 is 1. The largest absolute Gasteiger partial charge is 0.467 e. The van der Waals surface area contributed by atoms with Gasteiger partial charge in [-0.3, -0.25) is 0 Å². The number of carbonyl (C=O) groups excluding carboxylic acids is 1. The Balaban J connectivity index is 2.54. The van der Waals surface area contributed by atoms with Crippen molar-refractivity contribution in [2.24, 2.45) is 0 Å². The van der Waals surface area contributed by atoms with Crippen LogP contribution in [0.25, 0.3) is 0 Å². The van der Waals surface area contributed by atoms with E-state index in [4.69, 9.17) is 4.52 Å². The molecule has 0 aliphatic heterocycles. The second kappa shape index (κ2) is 3.88. The average molecular weight is 185 g/mol. The Bertz CT molecular complexity index is 297. The summed E-state index contributed by atoms with van der Waals surface area (Å²) < 4.78 is 9.25. The van der Waals surface area contributed by atoms with E-state index in [1.54, 1.807) is 13.8 Å². The first kappa shape index (κ1) is 9.50. The normalized spacial score (nSPS) is 12.2. The molecule has 0 aliphatic carbocycles. The number of rotatable bonds is 3. The smallest absolute Gasteiger partial charge is 0.328 e. The Kier molecular flexibility index (Phi) is 2.84. The van der Waals surface area contributed by atoms with Gasteiger partial charge in [-0.15, -0.1) is 0 Å². The van der Waals surface area contributed by atoms with Crippen LogP contribution in [0.4, 0.5) is 6.01 Å². The van der Waals surface area contributed by atoms with Crippen molar-refractivity contribution >= 4 is 12.0 Å². The molecule has 0 spiro atoms. The number of aromatic nitrogens is 2. The number of aryl methyl sites for hydroxylation is 1. The molecule has 6 nitrogen and oxygen atoms in total. The van der Waals surface area contributed by atoms with Gasteiger partial charge in [0.05, 0.1) is 7.11 Å². The lowest BCUT2D eigenvalue weighted by atomic mass is 10.3. The molecule has 0 radical (unpaired) electrons. The van der Waals surface area contributed by atoms with Gasteiger partial charge in [-0.2, -0.15) is 4.98 Å². The number of nitrogens with zero attached hydrogens (tertiary/aromatic N) is 2. The van der Waals surface area contributed by atoms with Crippen LogP contribution < -0.4 is 5.32 Å². The summed E-state index contributed by atoms with van der Waals surface area (Å²) in [5.74, 6) is 0.135. The zero-order valence-corrected chi connectivity index (χ0v) is 7.70. The molecule has 6 heteroatoms. The lowest BCUT2D eigenvalue weighted by molar-refractivity contribution is -0.141. The lowest BCUT2D eigenvalue weighted by Crippen LogP contribution is -2.27. The highest BCUT2D eigenvalue weighted by Gasteiger charge is 2.15. The summed E-state index contributed by atoms with van der Waals surface area (Å²) in [6, 6.07) is -0.278. The van der Waals surface area contributed by atoms with Crippen molar-refractivity contribution in [3.63, 3.8) is 0 Å². The van der Waals surface area contributed by atoms with Crippen LogP contribution in [-0.2, 0) is 9.53 Å². The molecular formula is C7H11N3O3. The standard InChI is InChI=1S/C7H11N3O3/c1-4(6(11)12-3)8-7-9-5(2)10-13-7/h4H,1-3H3,(H,8,9,10). The quantitative estimate of drug-likeness (QED) is 0.685. The van der Waals surface area contributed by atoms with Gasteiger partial charge in [-0.25, -0.2) is 4.79 Å². The minimum Gasteiger partial charge on any atom is -0.467 e. The maximum Gasteiger partial charge on any atom is 0.328 e. The summed E-state index contributed by atoms with van der Waals surface area (Å²) in [5, 5.41) is 6.25. The van der Waals surface area contributed by atoms with Crippen molar-refractivity contribution in [1.29, 1.82) is 0 Å². The van der Waals surface area contributed by atoms with E-state index in [0.29, 0.717) is 5.82 Å². The number of esters is 1. The molecule has 1 atom stereocenters. The summed E-state index contributed by atoms with van der Waals surface area (Å²) in [5.41, 5.74) is 0. The first-order valence-electron chi connectivity index (χ1n) is 3.78. The number of ether oxygens (including phenoxy) is 1. The molecule has 0 saturated carbocycles. The third-order valence-electron chi connectivity index (χ3n) is 1.42. The monoisotopic (exact) mass is 185 g/mol. The fraction of sp³-hybridized carbons (Fsp3) is 0.571. The Labute approximate surface area is 75.3 Å². The summed E-state index contributed by atoms with van der Waals surface area (Å²) >= 11 is 0. The molecule has 1 N–H and O–H groups in total. The van der Waals surface area contributed by atoms with Crippen LogP contribution in [0.3, 0.4) is 0 Å². The summed E-state index contributed by atoms with van der Waals surface area (Å²) in [7, 11) is 1.32. The van der Waals surface area contributed by atoms with Gasteiger partial charge >= 0.3 is 12.0 Å². The number of anilines is 1. The van der Waals surface area contributed by atoms with Gasteiger partial charge in [0.15, 0.2) is 5.82 Å². The van der Waals surface area contributed by atoms with E-state index < -0.39 is 6.04 Å². The SMILES string of the molecule is COC(=O)C(C)Nc1nc(C)no1. The minimum atomic E-state index is -0.496. The first-order chi connectivity index (χ1) is 6.13. The van der Waals surface area contributed by atoms with Crippen molar-refractivity contribution in [2.45, 2.75) is 19.9 Å². The molecular weight excluding hydrogens is 174 g/mol. The molecule has 0 saturated heterocycles. The predicted octanol–water partition coefficient (Wildman–Crippen LogP) is 0.351. The second-order valence-corrected chi connectivity index (χ2v) is 2.54. The highest BCUT2D eigenvalue weighted by atomic mass is 16.5. The zero-order chi connectivity index (χ0) is 9.84.